The summed E-state index contributed by atoms with van der Waals surface area (Å²) in [6, 6.07) is -3.88. The lowest BCUT2D eigenvalue weighted by Crippen LogP contribution is -2.56. The first-order valence-corrected chi connectivity index (χ1v) is 17.7. The van der Waals surface area contributed by atoms with Crippen LogP contribution in [0, 0.1) is 5.92 Å². The number of amides is 9. The minimum absolute atomic E-state index is 0.00958. The Bertz CT molecular complexity index is 1630. The number of hydrogen-bond donors (Lipinski definition) is 7. The van der Waals surface area contributed by atoms with E-state index in [1.807, 2.05) is 0 Å². The number of ether oxygens (including phenoxy) is 1. The van der Waals surface area contributed by atoms with Crippen LogP contribution in [0.4, 0.5) is 4.79 Å². The molecule has 22 heteroatoms. The molecule has 2 heterocycles. The highest BCUT2D eigenvalue weighted by atomic mass is 16.6. The lowest BCUT2D eigenvalue weighted by Gasteiger charge is -2.25. The van der Waals surface area contributed by atoms with E-state index in [2.05, 4.69) is 41.9 Å². The van der Waals surface area contributed by atoms with Gasteiger partial charge in [-0.1, -0.05) is 13.3 Å². The van der Waals surface area contributed by atoms with Gasteiger partial charge in [-0.3, -0.25) is 48.1 Å². The van der Waals surface area contributed by atoms with Crippen LogP contribution in [0.15, 0.2) is 18.6 Å². The molecule has 308 valence electrons. The van der Waals surface area contributed by atoms with Gasteiger partial charge in [-0.25, -0.2) is 9.78 Å². The molecule has 1 fully saturated rings. The Morgan fingerprint density at radius 1 is 0.893 bits per heavy atom. The van der Waals surface area contributed by atoms with E-state index < -0.39 is 102 Å². The second-order valence-corrected chi connectivity index (χ2v) is 14.0. The summed E-state index contributed by atoms with van der Waals surface area (Å²) in [5.74, 6) is -8.58. The maximum atomic E-state index is 13.8. The van der Waals surface area contributed by atoms with E-state index in [0.717, 1.165) is 0 Å². The molecule has 22 nitrogen and oxygen atoms in total. The van der Waals surface area contributed by atoms with E-state index in [1.165, 1.54) is 42.5 Å². The molecular formula is C34H51N11O11. The number of likely N-dealkylation sites (tertiary alicyclic amines) is 1. The molecule has 0 aliphatic carbocycles. The summed E-state index contributed by atoms with van der Waals surface area (Å²) in [5, 5.41) is 14.4. The van der Waals surface area contributed by atoms with Gasteiger partial charge in [0.1, 0.15) is 17.3 Å². The maximum Gasteiger partial charge on any atom is 0.410 e. The normalized spacial score (nSPS) is 15.9. The smallest absolute Gasteiger partial charge is 0.410 e. The fraction of sp³-hybridized carbons (Fsp3) is 0.588. The first-order chi connectivity index (χ1) is 26.2. The van der Waals surface area contributed by atoms with E-state index in [4.69, 9.17) is 10.5 Å². The molecule has 9 amide bonds. The van der Waals surface area contributed by atoms with Gasteiger partial charge in [0.2, 0.25) is 41.2 Å². The van der Waals surface area contributed by atoms with Gasteiger partial charge in [0.15, 0.2) is 0 Å². The molecule has 0 radical (unpaired) electrons. The van der Waals surface area contributed by atoms with Gasteiger partial charge in [0, 0.05) is 46.0 Å². The van der Waals surface area contributed by atoms with Crippen LogP contribution in [0.1, 0.15) is 63.9 Å². The lowest BCUT2D eigenvalue weighted by molar-refractivity contribution is -0.141. The van der Waals surface area contributed by atoms with Gasteiger partial charge in [0.25, 0.3) is 11.8 Å². The zero-order valence-corrected chi connectivity index (χ0v) is 32.3. The molecule has 0 aromatic carbocycles. The molecule has 0 bridgehead atoms. The van der Waals surface area contributed by atoms with Gasteiger partial charge < -0.3 is 52.2 Å². The Hall–Kier alpha value is -6.22. The summed E-state index contributed by atoms with van der Waals surface area (Å²) >= 11 is 0. The molecule has 8 N–H and O–H groups in total. The van der Waals surface area contributed by atoms with Crippen molar-refractivity contribution in [2.24, 2.45) is 11.7 Å². The van der Waals surface area contributed by atoms with E-state index in [-0.39, 0.29) is 44.6 Å². The van der Waals surface area contributed by atoms with Gasteiger partial charge in [-0.05, 0) is 33.6 Å². The van der Waals surface area contributed by atoms with Crippen molar-refractivity contribution in [3.63, 3.8) is 0 Å². The number of nitrogens with zero attached hydrogens (tertiary/aromatic N) is 4. The number of hydrogen-bond acceptors (Lipinski definition) is 13. The van der Waals surface area contributed by atoms with Crippen molar-refractivity contribution in [1.29, 1.82) is 0 Å². The topological polar surface area (TPSA) is 310 Å². The predicted molar refractivity (Wildman–Crippen MR) is 195 cm³/mol. The number of carbonyl (C=O) groups is 10. The number of nitrogens with one attached hydrogen (secondary N) is 6. The molecule has 0 spiro atoms. The lowest BCUT2D eigenvalue weighted by atomic mass is 9.99. The molecule has 1 aromatic rings. The Labute approximate surface area is 323 Å². The van der Waals surface area contributed by atoms with E-state index in [0.29, 0.717) is 6.42 Å². The Morgan fingerprint density at radius 2 is 1.57 bits per heavy atom. The third-order valence-corrected chi connectivity index (χ3v) is 7.95. The highest BCUT2D eigenvalue weighted by Gasteiger charge is 2.43. The van der Waals surface area contributed by atoms with Crippen molar-refractivity contribution >= 4 is 59.1 Å². The summed E-state index contributed by atoms with van der Waals surface area (Å²) in [6.07, 6.45) is 2.75. The average Bonchev–Trinajstić information content (AvgIpc) is 3.56. The van der Waals surface area contributed by atoms with E-state index in [1.54, 1.807) is 27.7 Å². The average molecular weight is 790 g/mol. The second kappa shape index (κ2) is 21.6. The van der Waals surface area contributed by atoms with Crippen LogP contribution >= 0.6 is 0 Å². The van der Waals surface area contributed by atoms with Crippen LogP contribution in [-0.2, 0) is 43.1 Å². The highest BCUT2D eigenvalue weighted by Crippen LogP contribution is 2.22. The monoisotopic (exact) mass is 789 g/mol. The van der Waals surface area contributed by atoms with E-state index >= 15 is 0 Å². The molecule has 4 atom stereocenters. The van der Waals surface area contributed by atoms with E-state index in [9.17, 15) is 47.9 Å². The molecule has 1 unspecified atom stereocenters. The molecule has 1 saturated heterocycles. The van der Waals surface area contributed by atoms with Crippen LogP contribution in [0.2, 0.25) is 0 Å². The maximum absolute atomic E-state index is 13.8. The molecule has 1 aliphatic rings. The molecular weight excluding hydrogens is 738 g/mol. The number of aromatic nitrogens is 2. The summed E-state index contributed by atoms with van der Waals surface area (Å²) in [5.41, 5.74) is 4.30. The number of rotatable bonds is 19. The summed E-state index contributed by atoms with van der Waals surface area (Å²) in [7, 11) is 2.99. The van der Waals surface area contributed by atoms with Gasteiger partial charge >= 0.3 is 6.09 Å². The summed E-state index contributed by atoms with van der Waals surface area (Å²) in [4.78, 5) is 137. The first kappa shape index (κ1) is 45.9. The molecule has 0 saturated carbocycles. The number of Topliss-reactive ketones (excluding diaryl/α,β-unsaturated/α-hetero) is 1. The SMILES string of the molecule is CCC[C@H](NC(=O)[C@@H]1CN(C(=O)OC(C)(C)C)C[C@@H]1NC(=O)C(CCC(N)=O)NC(=O)CNC(=O)c1cnccn1)C(=O)C(=O)NCC(=O)NCC(=O)N(C)C. The van der Waals surface area contributed by atoms with Crippen LogP contribution in [-0.4, -0.2) is 149 Å². The third-order valence-electron chi connectivity index (χ3n) is 7.95. The van der Waals surface area contributed by atoms with Crippen molar-refractivity contribution in [3.8, 4) is 0 Å². The minimum Gasteiger partial charge on any atom is -0.444 e. The highest BCUT2D eigenvalue weighted by molar-refractivity contribution is 6.38. The van der Waals surface area contributed by atoms with Crippen molar-refractivity contribution in [3.05, 3.63) is 24.3 Å². The molecule has 1 aliphatic heterocycles. The Balaban J connectivity index is 2.22. The van der Waals surface area contributed by atoms with Crippen molar-refractivity contribution in [1.82, 2.24) is 51.7 Å². The Morgan fingerprint density at radius 3 is 2.16 bits per heavy atom. The van der Waals surface area contributed by atoms with Crippen molar-refractivity contribution < 1.29 is 52.7 Å². The van der Waals surface area contributed by atoms with Gasteiger partial charge in [0.05, 0.1) is 43.8 Å². The summed E-state index contributed by atoms with van der Waals surface area (Å²) in [6.45, 7) is 4.51. The number of nitrogens with two attached hydrogens (primary N) is 1. The standard InChI is InChI=1S/C34H51N11O11/c1-7-8-20(28(50)32(54)40-14-25(47)38-16-27(49)44(5)6)42-29(51)19-17-45(33(55)56-34(2,3)4)18-23(19)43-31(53)21(9-10-24(35)46)41-26(48)15-39-30(52)22-13-36-11-12-37-22/h11-13,19-21,23H,7-10,14-18H2,1-6H3,(H2,35,46)(H,38,47)(H,39,52)(H,40,54)(H,41,48)(H,42,51)(H,43,53)/t19-,20+,21?,23+/m1/s1. The number of primary amides is 1. The summed E-state index contributed by atoms with van der Waals surface area (Å²) < 4.78 is 5.45. The quantitative estimate of drug-likeness (QED) is 0.0670. The first-order valence-electron chi connectivity index (χ1n) is 17.7. The van der Waals surface area contributed by atoms with Crippen LogP contribution in [0.5, 0.6) is 0 Å². The molecule has 56 heavy (non-hydrogen) atoms. The number of carbonyl (C=O) groups excluding carboxylic acids is 10. The molecule has 1 aromatic heterocycles. The predicted octanol–water partition coefficient (Wildman–Crippen LogP) is -3.52. The van der Waals surface area contributed by atoms with Crippen molar-refractivity contribution in [2.45, 2.75) is 77.1 Å². The Kier molecular flexibility index (Phi) is 17.7. The van der Waals surface area contributed by atoms with Gasteiger partial charge in [-0.2, -0.15) is 0 Å². The molecule has 2 rings (SSSR count). The zero-order chi connectivity index (χ0) is 42.2. The minimum atomic E-state index is -1.39. The van der Waals surface area contributed by atoms with Crippen LogP contribution in [0.25, 0.3) is 0 Å². The second-order valence-electron chi connectivity index (χ2n) is 14.0. The fourth-order valence-corrected chi connectivity index (χ4v) is 5.08. The van der Waals surface area contributed by atoms with Crippen LogP contribution in [0.3, 0.4) is 0 Å². The largest absolute Gasteiger partial charge is 0.444 e. The fourth-order valence-electron chi connectivity index (χ4n) is 5.08. The van der Waals surface area contributed by atoms with Gasteiger partial charge in [-0.15, -0.1) is 0 Å². The zero-order valence-electron chi connectivity index (χ0n) is 32.3. The van der Waals surface area contributed by atoms with Crippen LogP contribution < -0.4 is 37.6 Å². The third kappa shape index (κ3) is 15.6. The van der Waals surface area contributed by atoms with Crippen molar-refractivity contribution in [2.75, 3.05) is 46.8 Å². The number of ketones is 1. The number of likely N-dealkylation sites (N-methyl/N-ethyl adjacent to an activating group) is 1.